The molecule has 0 radical (unpaired) electrons. The number of nitrogens with zero attached hydrogens (tertiary/aromatic N) is 2. The number of aliphatic imine (C=N–C) groups is 1. The van der Waals surface area contributed by atoms with E-state index in [9.17, 15) is 0 Å². The van der Waals surface area contributed by atoms with Crippen LogP contribution in [0, 0.1) is 6.92 Å². The normalized spacial score (nSPS) is 10.6. The van der Waals surface area contributed by atoms with Crippen LogP contribution >= 0.6 is 0 Å². The lowest BCUT2D eigenvalue weighted by molar-refractivity contribution is 0.240. The molecule has 1 aromatic carbocycles. The van der Waals surface area contributed by atoms with E-state index in [4.69, 9.17) is 9.94 Å². The molecule has 0 spiro atoms. The van der Waals surface area contributed by atoms with Gasteiger partial charge in [0.15, 0.2) is 0 Å². The van der Waals surface area contributed by atoms with Gasteiger partial charge in [0.2, 0.25) is 0 Å². The topological polar surface area (TPSA) is 66.7 Å². The van der Waals surface area contributed by atoms with Crippen LogP contribution in [-0.4, -0.2) is 16.5 Å². The van der Waals surface area contributed by atoms with E-state index in [1.54, 1.807) is 12.1 Å². The standard InChI is InChI=1S/C14H15N3O2/c1-11-3-2-4-13(17-11)9-19-14-7-5-12(6-8-14)15-10-16-18/h2-8,10,18H,9H2,1H3,(H,15,16). The minimum Gasteiger partial charge on any atom is -0.487 e. The van der Waals surface area contributed by atoms with Crippen molar-refractivity contribution in [3.63, 3.8) is 0 Å². The monoisotopic (exact) mass is 257 g/mol. The first-order valence-corrected chi connectivity index (χ1v) is 5.85. The molecule has 0 amide bonds. The molecule has 2 aromatic rings. The summed E-state index contributed by atoms with van der Waals surface area (Å²) >= 11 is 0. The van der Waals surface area contributed by atoms with Crippen molar-refractivity contribution < 1.29 is 9.94 Å². The number of hydrogen-bond donors (Lipinski definition) is 2. The average Bonchev–Trinajstić information content (AvgIpc) is 2.44. The van der Waals surface area contributed by atoms with Crippen LogP contribution in [-0.2, 0) is 6.61 Å². The predicted molar refractivity (Wildman–Crippen MR) is 72.8 cm³/mol. The van der Waals surface area contributed by atoms with Gasteiger partial charge in [0.1, 0.15) is 18.7 Å². The van der Waals surface area contributed by atoms with E-state index in [0.717, 1.165) is 22.8 Å². The second kappa shape index (κ2) is 6.51. The highest BCUT2D eigenvalue weighted by atomic mass is 16.5. The van der Waals surface area contributed by atoms with Gasteiger partial charge in [-0.1, -0.05) is 6.07 Å². The number of ether oxygens (including phenoxy) is 1. The van der Waals surface area contributed by atoms with Gasteiger partial charge in [-0.15, -0.1) is 0 Å². The van der Waals surface area contributed by atoms with Crippen molar-refractivity contribution >= 4 is 12.0 Å². The Bertz CT molecular complexity index is 553. The molecule has 0 bridgehead atoms. The molecular formula is C14H15N3O2. The van der Waals surface area contributed by atoms with Crippen molar-refractivity contribution in [1.82, 2.24) is 10.5 Å². The van der Waals surface area contributed by atoms with Gasteiger partial charge in [-0.25, -0.2) is 4.99 Å². The maximum absolute atomic E-state index is 8.38. The molecule has 0 aliphatic carbocycles. The summed E-state index contributed by atoms with van der Waals surface area (Å²) < 4.78 is 5.63. The summed E-state index contributed by atoms with van der Waals surface area (Å²) in [5.41, 5.74) is 4.45. The Kier molecular flexibility index (Phi) is 4.47. The van der Waals surface area contributed by atoms with E-state index in [1.807, 2.05) is 42.7 Å². The van der Waals surface area contributed by atoms with Crippen LogP contribution in [0.5, 0.6) is 5.75 Å². The van der Waals surface area contributed by atoms with E-state index in [-0.39, 0.29) is 0 Å². The fourth-order valence-corrected chi connectivity index (χ4v) is 1.57. The maximum Gasteiger partial charge on any atom is 0.130 e. The van der Waals surface area contributed by atoms with Crippen LogP contribution in [0.4, 0.5) is 5.69 Å². The molecule has 5 heteroatoms. The average molecular weight is 257 g/mol. The molecule has 0 fully saturated rings. The molecule has 0 unspecified atom stereocenters. The summed E-state index contributed by atoms with van der Waals surface area (Å²) in [6, 6.07) is 13.1. The SMILES string of the molecule is Cc1cccc(COc2ccc(N=CNO)cc2)n1. The van der Waals surface area contributed by atoms with E-state index >= 15 is 0 Å². The first-order chi connectivity index (χ1) is 9.28. The molecule has 5 nitrogen and oxygen atoms in total. The minimum atomic E-state index is 0.433. The zero-order chi connectivity index (χ0) is 13.5. The van der Waals surface area contributed by atoms with Crippen molar-refractivity contribution in [1.29, 1.82) is 0 Å². The fourth-order valence-electron chi connectivity index (χ4n) is 1.57. The maximum atomic E-state index is 8.38. The number of aromatic nitrogens is 1. The molecule has 1 heterocycles. The van der Waals surface area contributed by atoms with Gasteiger partial charge in [0.25, 0.3) is 0 Å². The number of hydrogen-bond acceptors (Lipinski definition) is 4. The first kappa shape index (κ1) is 13.0. The highest BCUT2D eigenvalue weighted by Crippen LogP contribution is 2.18. The Morgan fingerprint density at radius 3 is 2.74 bits per heavy atom. The molecular weight excluding hydrogens is 242 g/mol. The van der Waals surface area contributed by atoms with Gasteiger partial charge in [0.05, 0.1) is 11.4 Å². The Labute approximate surface area is 111 Å². The lowest BCUT2D eigenvalue weighted by Gasteiger charge is -2.06. The van der Waals surface area contributed by atoms with E-state index in [1.165, 1.54) is 6.34 Å². The van der Waals surface area contributed by atoms with Gasteiger partial charge in [-0.3, -0.25) is 15.7 Å². The van der Waals surface area contributed by atoms with Crippen molar-refractivity contribution in [3.05, 3.63) is 53.9 Å². The van der Waals surface area contributed by atoms with Crippen LogP contribution in [0.15, 0.2) is 47.5 Å². The third-order valence-electron chi connectivity index (χ3n) is 2.44. The van der Waals surface area contributed by atoms with Gasteiger partial charge in [-0.05, 0) is 43.3 Å². The van der Waals surface area contributed by atoms with Crippen LogP contribution < -0.4 is 10.2 Å². The largest absolute Gasteiger partial charge is 0.487 e. The van der Waals surface area contributed by atoms with Crippen LogP contribution in [0.25, 0.3) is 0 Å². The molecule has 0 saturated heterocycles. The molecule has 2 rings (SSSR count). The van der Waals surface area contributed by atoms with Crippen molar-refractivity contribution in [2.24, 2.45) is 4.99 Å². The van der Waals surface area contributed by atoms with E-state index in [2.05, 4.69) is 9.98 Å². The molecule has 19 heavy (non-hydrogen) atoms. The third kappa shape index (κ3) is 4.08. The summed E-state index contributed by atoms with van der Waals surface area (Å²) in [6.07, 6.45) is 1.20. The van der Waals surface area contributed by atoms with Gasteiger partial charge in [-0.2, -0.15) is 0 Å². The second-order valence-corrected chi connectivity index (χ2v) is 3.94. The highest BCUT2D eigenvalue weighted by Gasteiger charge is 1.98. The Morgan fingerprint density at radius 2 is 2.05 bits per heavy atom. The summed E-state index contributed by atoms with van der Waals surface area (Å²) in [4.78, 5) is 8.30. The lowest BCUT2D eigenvalue weighted by atomic mass is 10.3. The summed E-state index contributed by atoms with van der Waals surface area (Å²) in [5.74, 6) is 0.749. The van der Waals surface area contributed by atoms with Crippen molar-refractivity contribution in [2.45, 2.75) is 13.5 Å². The molecule has 0 atom stereocenters. The predicted octanol–water partition coefficient (Wildman–Crippen LogP) is 2.61. The van der Waals surface area contributed by atoms with Crippen molar-refractivity contribution in [2.75, 3.05) is 0 Å². The summed E-state index contributed by atoms with van der Waals surface area (Å²) in [5, 5.41) is 8.38. The fraction of sp³-hybridized carbons (Fsp3) is 0.143. The number of pyridine rings is 1. The number of hydroxylamine groups is 1. The highest BCUT2D eigenvalue weighted by molar-refractivity contribution is 5.59. The van der Waals surface area contributed by atoms with Gasteiger partial charge in [0, 0.05) is 5.69 Å². The zero-order valence-electron chi connectivity index (χ0n) is 10.6. The number of rotatable bonds is 5. The zero-order valence-corrected chi connectivity index (χ0v) is 10.6. The molecule has 98 valence electrons. The van der Waals surface area contributed by atoms with E-state index in [0.29, 0.717) is 6.61 Å². The molecule has 1 aromatic heterocycles. The quantitative estimate of drug-likeness (QED) is 0.491. The van der Waals surface area contributed by atoms with Gasteiger partial charge >= 0.3 is 0 Å². The van der Waals surface area contributed by atoms with Gasteiger partial charge < -0.3 is 4.74 Å². The van der Waals surface area contributed by atoms with Crippen LogP contribution in [0.1, 0.15) is 11.4 Å². The molecule has 0 aliphatic heterocycles. The van der Waals surface area contributed by atoms with Crippen molar-refractivity contribution in [3.8, 4) is 5.75 Å². The smallest absolute Gasteiger partial charge is 0.130 e. The number of nitrogens with one attached hydrogen (secondary N) is 1. The Balaban J connectivity index is 1.94. The minimum absolute atomic E-state index is 0.433. The lowest BCUT2D eigenvalue weighted by Crippen LogP contribution is -2.01. The molecule has 0 saturated carbocycles. The van der Waals surface area contributed by atoms with E-state index < -0.39 is 0 Å². The van der Waals surface area contributed by atoms with Crippen LogP contribution in [0.3, 0.4) is 0 Å². The molecule has 0 aliphatic rings. The first-order valence-electron chi connectivity index (χ1n) is 5.85. The third-order valence-corrected chi connectivity index (χ3v) is 2.44. The number of aryl methyl sites for hydroxylation is 1. The molecule has 2 N–H and O–H groups in total. The second-order valence-electron chi connectivity index (χ2n) is 3.94. The Morgan fingerprint density at radius 1 is 1.26 bits per heavy atom. The number of benzene rings is 1. The van der Waals surface area contributed by atoms with Crippen LogP contribution in [0.2, 0.25) is 0 Å². The summed E-state index contributed by atoms with van der Waals surface area (Å²) in [6.45, 7) is 2.38. The Hall–Kier alpha value is -2.40. The summed E-state index contributed by atoms with van der Waals surface area (Å²) in [7, 11) is 0.